The summed E-state index contributed by atoms with van der Waals surface area (Å²) in [4.78, 5) is 9.33. The van der Waals surface area contributed by atoms with Crippen LogP contribution in [0.2, 0.25) is 0 Å². The van der Waals surface area contributed by atoms with Crippen molar-refractivity contribution in [2.75, 3.05) is 0 Å². The Balaban J connectivity index is 1.91. The number of hydrogen-bond donors (Lipinski definition) is 2. The molecular formula is C20H16N2O2. The van der Waals surface area contributed by atoms with E-state index in [1.807, 2.05) is 24.3 Å². The monoisotopic (exact) mass is 316 g/mol. The summed E-state index contributed by atoms with van der Waals surface area (Å²) in [6, 6.07) is 9.84. The molecule has 0 aromatic heterocycles. The second-order valence-electron chi connectivity index (χ2n) is 6.02. The molecule has 0 saturated carbocycles. The summed E-state index contributed by atoms with van der Waals surface area (Å²) in [6.07, 6.45) is 3.83. The van der Waals surface area contributed by atoms with Gasteiger partial charge in [0, 0.05) is 10.4 Å². The molecule has 0 bridgehead atoms. The number of hydrogen-bond acceptors (Lipinski definition) is 4. The van der Waals surface area contributed by atoms with Gasteiger partial charge in [0.2, 0.25) is 0 Å². The number of rotatable bonds is 1. The van der Waals surface area contributed by atoms with Gasteiger partial charge < -0.3 is 10.2 Å². The second-order valence-corrected chi connectivity index (χ2v) is 6.02. The summed E-state index contributed by atoms with van der Waals surface area (Å²) in [5.74, 6) is 0.268. The van der Waals surface area contributed by atoms with Crippen LogP contribution in [0.15, 0.2) is 70.7 Å². The summed E-state index contributed by atoms with van der Waals surface area (Å²) in [5, 5.41) is 22.9. The summed E-state index contributed by atoms with van der Waals surface area (Å²) in [6.45, 7) is 8.21. The highest BCUT2D eigenvalue weighted by Crippen LogP contribution is 2.23. The van der Waals surface area contributed by atoms with Gasteiger partial charge in [-0.15, -0.1) is 0 Å². The van der Waals surface area contributed by atoms with Crippen LogP contribution in [0.25, 0.3) is 12.2 Å². The molecule has 0 saturated heterocycles. The number of phenolic OH excluding ortho intramolecular Hbond substituents is 2. The molecule has 0 radical (unpaired) electrons. The van der Waals surface area contributed by atoms with Crippen LogP contribution in [0.5, 0.6) is 11.5 Å². The lowest BCUT2D eigenvalue weighted by Crippen LogP contribution is -2.41. The molecule has 0 amide bonds. The molecule has 2 unspecified atom stereocenters. The van der Waals surface area contributed by atoms with E-state index in [0.717, 1.165) is 21.6 Å². The predicted molar refractivity (Wildman–Crippen MR) is 92.6 cm³/mol. The summed E-state index contributed by atoms with van der Waals surface area (Å²) in [7, 11) is 0. The molecule has 2 aliphatic heterocycles. The Morgan fingerprint density at radius 2 is 1.12 bits per heavy atom. The van der Waals surface area contributed by atoms with Crippen molar-refractivity contribution in [1.29, 1.82) is 0 Å². The molecule has 2 N–H and O–H groups in total. The molecule has 4 nitrogen and oxygen atoms in total. The molecule has 24 heavy (non-hydrogen) atoms. The summed E-state index contributed by atoms with van der Waals surface area (Å²) < 4.78 is 0. The minimum Gasteiger partial charge on any atom is -0.506 e. The maximum absolute atomic E-state index is 10.1. The van der Waals surface area contributed by atoms with Gasteiger partial charge in [-0.05, 0) is 35.4 Å². The van der Waals surface area contributed by atoms with Crippen molar-refractivity contribution in [2.45, 2.75) is 12.1 Å². The first-order chi connectivity index (χ1) is 11.5. The quantitative estimate of drug-likeness (QED) is 0.803. The maximum atomic E-state index is 10.1. The number of fused-ring (bicyclic) bond motifs is 2. The average Bonchev–Trinajstić information content (AvgIpc) is 2.55. The molecule has 0 aliphatic carbocycles. The fourth-order valence-electron chi connectivity index (χ4n) is 3.17. The highest BCUT2D eigenvalue weighted by atomic mass is 16.3. The number of aromatic hydroxyl groups is 2. The van der Waals surface area contributed by atoms with E-state index < -0.39 is 0 Å². The highest BCUT2D eigenvalue weighted by molar-refractivity contribution is 5.57. The molecule has 0 spiro atoms. The van der Waals surface area contributed by atoms with Gasteiger partial charge in [0.15, 0.2) is 0 Å². The SMILES string of the molecule is C=C1C=c2cccc(O)c2=NC1C1N=c2c(O)cccc2=CC1=C. The molecule has 118 valence electrons. The fourth-order valence-corrected chi connectivity index (χ4v) is 3.17. The lowest BCUT2D eigenvalue weighted by atomic mass is 9.91. The Bertz CT molecular complexity index is 1040. The van der Waals surface area contributed by atoms with Gasteiger partial charge in [-0.2, -0.15) is 0 Å². The number of nitrogens with zero attached hydrogens (tertiary/aromatic N) is 2. The van der Waals surface area contributed by atoms with Gasteiger partial charge >= 0.3 is 0 Å². The minimum atomic E-state index is -0.359. The fraction of sp³-hybridized carbons (Fsp3) is 0.100. The Hall–Kier alpha value is -3.14. The standard InChI is InChI=1S/C20H16N2O2/c1-11-9-13-5-3-7-15(23)19(13)21-17(11)18-12(2)10-14-6-4-8-16(24)20(14)22-18/h3-10,17-18,23-24H,1-2H2. The second kappa shape index (κ2) is 5.20. The normalized spacial score (nSPS) is 21.5. The van der Waals surface area contributed by atoms with Gasteiger partial charge in [-0.25, -0.2) is 0 Å². The Morgan fingerprint density at radius 1 is 0.708 bits per heavy atom. The summed E-state index contributed by atoms with van der Waals surface area (Å²) >= 11 is 0. The first-order valence-corrected chi connectivity index (χ1v) is 7.67. The van der Waals surface area contributed by atoms with Crippen molar-refractivity contribution in [3.63, 3.8) is 0 Å². The van der Waals surface area contributed by atoms with E-state index in [0.29, 0.717) is 10.7 Å². The lowest BCUT2D eigenvalue weighted by Gasteiger charge is -2.25. The zero-order chi connectivity index (χ0) is 16.8. The highest BCUT2D eigenvalue weighted by Gasteiger charge is 2.27. The van der Waals surface area contributed by atoms with Crippen LogP contribution in [-0.4, -0.2) is 22.3 Å². The Labute approximate surface area is 138 Å². The van der Waals surface area contributed by atoms with Crippen LogP contribution in [0.1, 0.15) is 0 Å². The van der Waals surface area contributed by atoms with Gasteiger partial charge in [-0.1, -0.05) is 37.4 Å². The molecule has 4 heteroatoms. The van der Waals surface area contributed by atoms with Crippen molar-refractivity contribution in [2.24, 2.45) is 9.98 Å². The van der Waals surface area contributed by atoms with E-state index in [9.17, 15) is 10.2 Å². The molecule has 2 heterocycles. The van der Waals surface area contributed by atoms with Gasteiger partial charge in [0.25, 0.3) is 0 Å². The van der Waals surface area contributed by atoms with E-state index in [1.54, 1.807) is 24.3 Å². The zero-order valence-corrected chi connectivity index (χ0v) is 13.0. The number of para-hydroxylation sites is 2. The summed E-state index contributed by atoms with van der Waals surface area (Å²) in [5.41, 5.74) is 1.60. The first-order valence-electron chi connectivity index (χ1n) is 7.67. The third kappa shape index (κ3) is 2.15. The third-order valence-corrected chi connectivity index (χ3v) is 4.37. The molecule has 2 aromatic rings. The van der Waals surface area contributed by atoms with Crippen molar-refractivity contribution in [3.05, 3.63) is 81.9 Å². The average molecular weight is 316 g/mol. The van der Waals surface area contributed by atoms with E-state index in [2.05, 4.69) is 23.1 Å². The maximum Gasteiger partial charge on any atom is 0.141 e. The van der Waals surface area contributed by atoms with Crippen molar-refractivity contribution in [3.8, 4) is 11.5 Å². The van der Waals surface area contributed by atoms with Crippen LogP contribution < -0.4 is 21.2 Å². The first kappa shape index (κ1) is 14.5. The van der Waals surface area contributed by atoms with E-state index in [4.69, 9.17) is 0 Å². The van der Waals surface area contributed by atoms with Crippen LogP contribution in [-0.2, 0) is 0 Å². The smallest absolute Gasteiger partial charge is 0.141 e. The number of benzene rings is 2. The van der Waals surface area contributed by atoms with Gasteiger partial charge in [0.1, 0.15) is 34.3 Å². The molecular weight excluding hydrogens is 300 g/mol. The molecule has 2 aliphatic rings. The Morgan fingerprint density at radius 3 is 1.54 bits per heavy atom. The topological polar surface area (TPSA) is 65.2 Å². The van der Waals surface area contributed by atoms with Crippen molar-refractivity contribution < 1.29 is 10.2 Å². The van der Waals surface area contributed by atoms with Crippen LogP contribution >= 0.6 is 0 Å². The zero-order valence-electron chi connectivity index (χ0n) is 13.0. The third-order valence-electron chi connectivity index (χ3n) is 4.37. The van der Waals surface area contributed by atoms with Crippen LogP contribution in [0.4, 0.5) is 0 Å². The van der Waals surface area contributed by atoms with Crippen molar-refractivity contribution in [1.82, 2.24) is 0 Å². The largest absolute Gasteiger partial charge is 0.506 e. The van der Waals surface area contributed by atoms with E-state index in [-0.39, 0.29) is 23.6 Å². The molecule has 0 fully saturated rings. The Kier molecular flexibility index (Phi) is 3.13. The predicted octanol–water partition coefficient (Wildman–Crippen LogP) is 0.475. The molecule has 2 aromatic carbocycles. The number of phenols is 2. The van der Waals surface area contributed by atoms with Gasteiger partial charge in [0.05, 0.1) is 0 Å². The molecule has 2 atom stereocenters. The van der Waals surface area contributed by atoms with Crippen LogP contribution in [0.3, 0.4) is 0 Å². The lowest BCUT2D eigenvalue weighted by molar-refractivity contribution is 0.460. The van der Waals surface area contributed by atoms with Gasteiger partial charge in [-0.3, -0.25) is 9.98 Å². The van der Waals surface area contributed by atoms with E-state index >= 15 is 0 Å². The minimum absolute atomic E-state index is 0.134. The van der Waals surface area contributed by atoms with E-state index in [1.165, 1.54) is 0 Å². The molecule has 4 rings (SSSR count). The van der Waals surface area contributed by atoms with Crippen LogP contribution in [0, 0.1) is 0 Å². The van der Waals surface area contributed by atoms with Crippen molar-refractivity contribution >= 4 is 12.2 Å².